The van der Waals surface area contributed by atoms with Crippen LogP contribution < -0.4 is 5.73 Å². The van der Waals surface area contributed by atoms with Gasteiger partial charge in [-0.15, -0.1) is 12.4 Å². The lowest BCUT2D eigenvalue weighted by molar-refractivity contribution is -0.112. The van der Waals surface area contributed by atoms with Crippen molar-refractivity contribution in [2.75, 3.05) is 0 Å². The fourth-order valence-corrected chi connectivity index (χ4v) is 1.88. The van der Waals surface area contributed by atoms with E-state index in [1.165, 1.54) is 11.8 Å². The number of nitrogens with two attached hydrogens (primary N) is 1. The van der Waals surface area contributed by atoms with Gasteiger partial charge in [0.05, 0.1) is 6.04 Å². The molecule has 0 saturated heterocycles. The average molecular weight is 246 g/mol. The van der Waals surface area contributed by atoms with Crippen LogP contribution in [0, 0.1) is 5.92 Å². The molecule has 84 valence electrons. The first kappa shape index (κ1) is 14.5. The maximum atomic E-state index is 11.6. The number of rotatable bonds is 3. The molecule has 2 nitrogen and oxygen atoms in total. The molecule has 1 rings (SSSR count). The Morgan fingerprint density at radius 3 is 2.27 bits per heavy atom. The molecule has 0 radical (unpaired) electrons. The fraction of sp³-hybridized carbons (Fsp3) is 0.364. The van der Waals surface area contributed by atoms with Gasteiger partial charge in [0.15, 0.2) is 0 Å². The monoisotopic (exact) mass is 245 g/mol. The summed E-state index contributed by atoms with van der Waals surface area (Å²) in [5.74, 6) is 0.193. The van der Waals surface area contributed by atoms with Crippen molar-refractivity contribution in [1.29, 1.82) is 0 Å². The SMILES string of the molecule is CC(C)C(N)C(=O)Sc1ccccc1.Cl. The summed E-state index contributed by atoms with van der Waals surface area (Å²) in [7, 11) is 0. The van der Waals surface area contributed by atoms with Gasteiger partial charge in [-0.25, -0.2) is 0 Å². The summed E-state index contributed by atoms with van der Waals surface area (Å²) in [4.78, 5) is 12.5. The smallest absolute Gasteiger partial charge is 0.210 e. The van der Waals surface area contributed by atoms with E-state index < -0.39 is 0 Å². The quantitative estimate of drug-likeness (QED) is 0.833. The van der Waals surface area contributed by atoms with E-state index in [0.717, 1.165) is 4.90 Å². The van der Waals surface area contributed by atoms with Crippen molar-refractivity contribution in [2.24, 2.45) is 11.7 Å². The van der Waals surface area contributed by atoms with Crippen LogP contribution in [-0.4, -0.2) is 11.2 Å². The first-order valence-corrected chi connectivity index (χ1v) is 5.45. The minimum absolute atomic E-state index is 0. The van der Waals surface area contributed by atoms with E-state index in [0.29, 0.717) is 0 Å². The molecule has 1 unspecified atom stereocenters. The van der Waals surface area contributed by atoms with Crippen molar-refractivity contribution < 1.29 is 4.79 Å². The molecular formula is C11H16ClNOS. The molecule has 1 atom stereocenters. The van der Waals surface area contributed by atoms with Crippen molar-refractivity contribution in [3.63, 3.8) is 0 Å². The van der Waals surface area contributed by atoms with E-state index in [9.17, 15) is 4.79 Å². The van der Waals surface area contributed by atoms with Crippen molar-refractivity contribution >= 4 is 29.3 Å². The zero-order valence-electron chi connectivity index (χ0n) is 8.84. The number of halogens is 1. The third-order valence-corrected chi connectivity index (χ3v) is 2.93. The van der Waals surface area contributed by atoms with Gasteiger partial charge in [0.1, 0.15) is 0 Å². The normalized spacial score (nSPS) is 12.0. The average Bonchev–Trinajstić information content (AvgIpc) is 2.18. The van der Waals surface area contributed by atoms with E-state index >= 15 is 0 Å². The van der Waals surface area contributed by atoms with Crippen LogP contribution in [0.5, 0.6) is 0 Å². The largest absolute Gasteiger partial charge is 0.321 e. The molecule has 0 aliphatic rings. The highest BCUT2D eigenvalue weighted by molar-refractivity contribution is 8.13. The molecule has 1 aromatic rings. The highest BCUT2D eigenvalue weighted by atomic mass is 35.5. The van der Waals surface area contributed by atoms with Crippen LogP contribution in [0.15, 0.2) is 35.2 Å². The van der Waals surface area contributed by atoms with Gasteiger partial charge in [-0.05, 0) is 18.1 Å². The summed E-state index contributed by atoms with van der Waals surface area (Å²) in [5, 5.41) is 0.0335. The highest BCUT2D eigenvalue weighted by Crippen LogP contribution is 2.20. The van der Waals surface area contributed by atoms with Gasteiger partial charge < -0.3 is 5.73 Å². The van der Waals surface area contributed by atoms with Crippen LogP contribution in [0.3, 0.4) is 0 Å². The molecule has 1 aromatic carbocycles. The number of carbonyl (C=O) groups excluding carboxylic acids is 1. The maximum Gasteiger partial charge on any atom is 0.210 e. The highest BCUT2D eigenvalue weighted by Gasteiger charge is 2.17. The molecule has 0 aliphatic carbocycles. The third-order valence-electron chi connectivity index (χ3n) is 1.95. The lowest BCUT2D eigenvalue weighted by Gasteiger charge is -2.12. The Balaban J connectivity index is 0.00000196. The minimum atomic E-state index is -0.375. The Kier molecular flexibility index (Phi) is 6.65. The van der Waals surface area contributed by atoms with E-state index in [1.54, 1.807) is 0 Å². The molecule has 4 heteroatoms. The number of thioether (sulfide) groups is 1. The van der Waals surface area contributed by atoms with Crippen LogP contribution in [0.4, 0.5) is 0 Å². The van der Waals surface area contributed by atoms with Crippen LogP contribution >= 0.6 is 24.2 Å². The van der Waals surface area contributed by atoms with E-state index in [4.69, 9.17) is 5.73 Å². The second-order valence-electron chi connectivity index (χ2n) is 3.50. The van der Waals surface area contributed by atoms with E-state index in [-0.39, 0.29) is 29.5 Å². The maximum absolute atomic E-state index is 11.6. The molecule has 0 fully saturated rings. The standard InChI is InChI=1S/C11H15NOS.ClH/c1-8(2)10(12)11(13)14-9-6-4-3-5-7-9;/h3-8,10H,12H2,1-2H3;1H. The minimum Gasteiger partial charge on any atom is -0.321 e. The van der Waals surface area contributed by atoms with Crippen molar-refractivity contribution in [2.45, 2.75) is 24.8 Å². The summed E-state index contributed by atoms with van der Waals surface area (Å²) in [6.45, 7) is 3.90. The summed E-state index contributed by atoms with van der Waals surface area (Å²) >= 11 is 1.22. The number of hydrogen-bond acceptors (Lipinski definition) is 3. The number of benzene rings is 1. The first-order valence-electron chi connectivity index (χ1n) is 4.63. The lowest BCUT2D eigenvalue weighted by atomic mass is 10.1. The Labute approximate surface area is 101 Å². The zero-order valence-corrected chi connectivity index (χ0v) is 10.5. The van der Waals surface area contributed by atoms with Gasteiger partial charge >= 0.3 is 0 Å². The van der Waals surface area contributed by atoms with Crippen molar-refractivity contribution in [1.82, 2.24) is 0 Å². The second kappa shape index (κ2) is 6.88. The zero-order chi connectivity index (χ0) is 10.6. The van der Waals surface area contributed by atoms with Crippen molar-refractivity contribution in [3.8, 4) is 0 Å². The van der Waals surface area contributed by atoms with Gasteiger partial charge in [-0.1, -0.05) is 43.8 Å². The topological polar surface area (TPSA) is 43.1 Å². The van der Waals surface area contributed by atoms with Crippen LogP contribution in [0.25, 0.3) is 0 Å². The summed E-state index contributed by atoms with van der Waals surface area (Å²) in [6, 6.07) is 9.20. The van der Waals surface area contributed by atoms with Crippen molar-refractivity contribution in [3.05, 3.63) is 30.3 Å². The molecule has 0 amide bonds. The Morgan fingerprint density at radius 2 is 1.80 bits per heavy atom. The number of hydrogen-bond donors (Lipinski definition) is 1. The van der Waals surface area contributed by atoms with Crippen LogP contribution in [0.1, 0.15) is 13.8 Å². The molecule has 2 N–H and O–H groups in total. The van der Waals surface area contributed by atoms with Gasteiger partial charge in [0.25, 0.3) is 0 Å². The number of carbonyl (C=O) groups is 1. The molecule has 0 spiro atoms. The predicted octanol–water partition coefficient (Wildman–Crippen LogP) is 2.71. The molecule has 0 saturated carbocycles. The first-order chi connectivity index (χ1) is 6.61. The molecule has 15 heavy (non-hydrogen) atoms. The Hall–Kier alpha value is -0.510. The molecule has 0 heterocycles. The molecular weight excluding hydrogens is 230 g/mol. The third kappa shape index (κ3) is 4.69. The summed E-state index contributed by atoms with van der Waals surface area (Å²) in [6.07, 6.45) is 0. The fourth-order valence-electron chi connectivity index (χ4n) is 0.945. The van der Waals surface area contributed by atoms with E-state index in [2.05, 4.69) is 0 Å². The van der Waals surface area contributed by atoms with Crippen LogP contribution in [-0.2, 0) is 4.79 Å². The van der Waals surface area contributed by atoms with Gasteiger partial charge in [-0.2, -0.15) is 0 Å². The molecule has 0 aromatic heterocycles. The summed E-state index contributed by atoms with van der Waals surface area (Å²) < 4.78 is 0. The lowest BCUT2D eigenvalue weighted by Crippen LogP contribution is -2.33. The summed E-state index contributed by atoms with van der Waals surface area (Å²) in [5.41, 5.74) is 5.74. The Morgan fingerprint density at radius 1 is 1.27 bits per heavy atom. The second-order valence-corrected chi connectivity index (χ2v) is 4.58. The Bertz CT molecular complexity index is 303. The molecule has 0 aliphatic heterocycles. The van der Waals surface area contributed by atoms with Gasteiger partial charge in [-0.3, -0.25) is 4.79 Å². The molecule has 0 bridgehead atoms. The van der Waals surface area contributed by atoms with Crippen LogP contribution in [0.2, 0.25) is 0 Å². The van der Waals surface area contributed by atoms with Gasteiger partial charge in [0, 0.05) is 4.90 Å². The van der Waals surface area contributed by atoms with E-state index in [1.807, 2.05) is 44.2 Å². The van der Waals surface area contributed by atoms with Gasteiger partial charge in [0.2, 0.25) is 5.12 Å². The predicted molar refractivity (Wildman–Crippen MR) is 67.4 cm³/mol.